The van der Waals surface area contributed by atoms with Gasteiger partial charge in [0, 0.05) is 12.0 Å². The highest BCUT2D eigenvalue weighted by Crippen LogP contribution is 2.41. The lowest BCUT2D eigenvalue weighted by Crippen LogP contribution is -2.22. The van der Waals surface area contributed by atoms with Crippen molar-refractivity contribution in [2.24, 2.45) is 0 Å². The van der Waals surface area contributed by atoms with Crippen LogP contribution < -0.4 is 0 Å². The normalized spacial score (nSPS) is 19.3. The molecule has 16 heavy (non-hydrogen) atoms. The molecule has 0 aromatic heterocycles. The predicted molar refractivity (Wildman–Crippen MR) is 62.0 cm³/mol. The highest BCUT2D eigenvalue weighted by atomic mass is 19.3. The highest BCUT2D eigenvalue weighted by Gasteiger charge is 2.37. The van der Waals surface area contributed by atoms with Crippen LogP contribution in [0.3, 0.4) is 0 Å². The Balaban J connectivity index is 2.52. The first kappa shape index (κ1) is 11.6. The minimum Gasteiger partial charge on any atom is -0.201 e. The van der Waals surface area contributed by atoms with Crippen molar-refractivity contribution >= 4 is 0 Å². The topological polar surface area (TPSA) is 0 Å². The van der Waals surface area contributed by atoms with Crippen molar-refractivity contribution in [1.82, 2.24) is 0 Å². The lowest BCUT2D eigenvalue weighted by molar-refractivity contribution is -0.0217. The van der Waals surface area contributed by atoms with E-state index in [1.807, 2.05) is 12.1 Å². The number of hydrogen-bond donors (Lipinski definition) is 0. The second kappa shape index (κ2) is 3.54. The van der Waals surface area contributed by atoms with Gasteiger partial charge in [-0.05, 0) is 35.4 Å². The molecule has 1 aromatic rings. The molecule has 0 fully saturated rings. The van der Waals surface area contributed by atoms with Crippen LogP contribution in [0, 0.1) is 0 Å². The maximum atomic E-state index is 13.8. The van der Waals surface area contributed by atoms with E-state index >= 15 is 0 Å². The minimum atomic E-state index is -2.63. The van der Waals surface area contributed by atoms with Crippen LogP contribution in [0.15, 0.2) is 18.2 Å². The monoisotopic (exact) mass is 224 g/mol. The summed E-state index contributed by atoms with van der Waals surface area (Å²) in [5, 5.41) is 0. The molecule has 0 heterocycles. The van der Waals surface area contributed by atoms with Crippen LogP contribution >= 0.6 is 0 Å². The van der Waals surface area contributed by atoms with E-state index in [9.17, 15) is 8.78 Å². The summed E-state index contributed by atoms with van der Waals surface area (Å²) in [5.74, 6) is -2.63. The Bertz CT molecular complexity index is 400. The predicted octanol–water partition coefficient (Wildman–Crippen LogP) is 4.41. The van der Waals surface area contributed by atoms with Crippen molar-refractivity contribution in [3.05, 3.63) is 34.9 Å². The van der Waals surface area contributed by atoms with E-state index in [-0.39, 0.29) is 17.4 Å². The maximum absolute atomic E-state index is 13.8. The van der Waals surface area contributed by atoms with E-state index in [2.05, 4.69) is 20.8 Å². The molecule has 0 spiro atoms. The Kier molecular flexibility index (Phi) is 2.56. The number of halogens is 2. The first-order chi connectivity index (χ1) is 7.31. The van der Waals surface area contributed by atoms with Crippen LogP contribution in [0.4, 0.5) is 8.78 Å². The number of aryl methyl sites for hydroxylation is 1. The van der Waals surface area contributed by atoms with Crippen LogP contribution in [-0.4, -0.2) is 0 Å². The Morgan fingerprint density at radius 1 is 1.19 bits per heavy atom. The van der Waals surface area contributed by atoms with Gasteiger partial charge in [0.1, 0.15) is 0 Å². The SMILES string of the molecule is CC(C)(C)c1ccc2c(c1)C(F)(F)CCC2. The Labute approximate surface area is 95.7 Å². The van der Waals surface area contributed by atoms with Crippen LogP contribution in [0.25, 0.3) is 0 Å². The van der Waals surface area contributed by atoms with Crippen molar-refractivity contribution in [1.29, 1.82) is 0 Å². The molecule has 0 saturated carbocycles. The molecule has 1 aliphatic carbocycles. The van der Waals surface area contributed by atoms with E-state index in [4.69, 9.17) is 0 Å². The second-order valence-electron chi connectivity index (χ2n) is 5.68. The quantitative estimate of drug-likeness (QED) is 0.612. The van der Waals surface area contributed by atoms with Crippen molar-refractivity contribution < 1.29 is 8.78 Å². The molecule has 0 radical (unpaired) electrons. The molecule has 2 heteroatoms. The minimum absolute atomic E-state index is 0.00635. The van der Waals surface area contributed by atoms with Gasteiger partial charge in [0.15, 0.2) is 0 Å². The third-order valence-electron chi connectivity index (χ3n) is 3.31. The smallest absolute Gasteiger partial charge is 0.201 e. The molecule has 0 N–H and O–H groups in total. The van der Waals surface area contributed by atoms with Crippen molar-refractivity contribution in [3.63, 3.8) is 0 Å². The van der Waals surface area contributed by atoms with E-state index in [0.717, 1.165) is 17.5 Å². The molecule has 0 unspecified atom stereocenters. The first-order valence-electron chi connectivity index (χ1n) is 5.82. The molecule has 0 nitrogen and oxygen atoms in total. The van der Waals surface area contributed by atoms with Crippen molar-refractivity contribution in [3.8, 4) is 0 Å². The molecule has 88 valence electrons. The fourth-order valence-corrected chi connectivity index (χ4v) is 2.24. The number of benzene rings is 1. The van der Waals surface area contributed by atoms with Crippen LogP contribution in [-0.2, 0) is 17.8 Å². The van der Waals surface area contributed by atoms with Gasteiger partial charge in [0.05, 0.1) is 0 Å². The van der Waals surface area contributed by atoms with Crippen LogP contribution in [0.1, 0.15) is 50.3 Å². The number of fused-ring (bicyclic) bond motifs is 1. The fraction of sp³-hybridized carbons (Fsp3) is 0.571. The first-order valence-corrected chi connectivity index (χ1v) is 5.82. The Morgan fingerprint density at radius 2 is 1.88 bits per heavy atom. The Morgan fingerprint density at radius 3 is 2.50 bits per heavy atom. The van der Waals surface area contributed by atoms with Gasteiger partial charge in [0.2, 0.25) is 0 Å². The van der Waals surface area contributed by atoms with Gasteiger partial charge in [-0.3, -0.25) is 0 Å². The summed E-state index contributed by atoms with van der Waals surface area (Å²) in [5.41, 5.74) is 2.01. The molecule has 1 aliphatic rings. The maximum Gasteiger partial charge on any atom is 0.273 e. The van der Waals surface area contributed by atoms with Gasteiger partial charge < -0.3 is 0 Å². The zero-order valence-corrected chi connectivity index (χ0v) is 10.1. The molecule has 1 aromatic carbocycles. The average molecular weight is 224 g/mol. The van der Waals surface area contributed by atoms with Crippen LogP contribution in [0.2, 0.25) is 0 Å². The van der Waals surface area contributed by atoms with Gasteiger partial charge in [-0.2, -0.15) is 0 Å². The molecule has 0 amide bonds. The lowest BCUT2D eigenvalue weighted by atomic mass is 9.81. The number of hydrogen-bond acceptors (Lipinski definition) is 0. The summed E-state index contributed by atoms with van der Waals surface area (Å²) in [7, 11) is 0. The average Bonchev–Trinajstić information content (AvgIpc) is 2.15. The lowest BCUT2D eigenvalue weighted by Gasteiger charge is -2.28. The third-order valence-corrected chi connectivity index (χ3v) is 3.31. The van der Waals surface area contributed by atoms with Gasteiger partial charge in [0.25, 0.3) is 5.92 Å². The standard InChI is InChI=1S/C14H18F2/c1-13(2,3)11-7-6-10-5-4-8-14(15,16)12(10)9-11/h6-7,9H,4-5,8H2,1-3H3. The van der Waals surface area contributed by atoms with E-state index in [1.54, 1.807) is 6.07 Å². The molecule has 0 saturated heterocycles. The zero-order chi connectivity index (χ0) is 12.0. The van der Waals surface area contributed by atoms with Crippen molar-refractivity contribution in [2.45, 2.75) is 51.4 Å². The molecule has 0 bridgehead atoms. The molecule has 0 aliphatic heterocycles. The summed E-state index contributed by atoms with van der Waals surface area (Å²) in [6.07, 6.45) is 1.37. The van der Waals surface area contributed by atoms with Crippen LogP contribution in [0.5, 0.6) is 0 Å². The number of rotatable bonds is 0. The van der Waals surface area contributed by atoms with Gasteiger partial charge >= 0.3 is 0 Å². The van der Waals surface area contributed by atoms with Gasteiger partial charge in [-0.25, -0.2) is 8.78 Å². The van der Waals surface area contributed by atoms with E-state index in [0.29, 0.717) is 6.42 Å². The van der Waals surface area contributed by atoms with Gasteiger partial charge in [-0.1, -0.05) is 32.9 Å². The summed E-state index contributed by atoms with van der Waals surface area (Å²) < 4.78 is 27.5. The molecule has 2 rings (SSSR count). The summed E-state index contributed by atoms with van der Waals surface area (Å²) >= 11 is 0. The van der Waals surface area contributed by atoms with Gasteiger partial charge in [-0.15, -0.1) is 0 Å². The largest absolute Gasteiger partial charge is 0.273 e. The molecular formula is C14H18F2. The second-order valence-corrected chi connectivity index (χ2v) is 5.68. The number of alkyl halides is 2. The third kappa shape index (κ3) is 1.98. The molecular weight excluding hydrogens is 206 g/mol. The summed E-state index contributed by atoms with van der Waals surface area (Å²) in [6.45, 7) is 6.15. The zero-order valence-electron chi connectivity index (χ0n) is 10.1. The molecule has 0 atom stereocenters. The van der Waals surface area contributed by atoms with E-state index in [1.165, 1.54) is 0 Å². The Hall–Kier alpha value is -0.920. The summed E-state index contributed by atoms with van der Waals surface area (Å²) in [4.78, 5) is 0. The summed E-state index contributed by atoms with van der Waals surface area (Å²) in [6, 6.07) is 5.57. The highest BCUT2D eigenvalue weighted by molar-refractivity contribution is 5.39. The van der Waals surface area contributed by atoms with Crippen molar-refractivity contribution in [2.75, 3.05) is 0 Å². The fourth-order valence-electron chi connectivity index (χ4n) is 2.24. The van der Waals surface area contributed by atoms with E-state index < -0.39 is 5.92 Å².